The van der Waals surface area contributed by atoms with E-state index >= 15 is 0 Å². The molecule has 6 heteroatoms. The Bertz CT molecular complexity index is 74.4. The topological polar surface area (TPSA) is 63.6 Å². The molecule has 0 unspecified atom stereocenters. The molecule has 38 valence electrons. The van der Waals surface area contributed by atoms with Gasteiger partial charge in [0, 0.05) is 0 Å². The van der Waals surface area contributed by atoms with Gasteiger partial charge in [-0.2, -0.15) is 0 Å². The Balaban J connectivity index is -0.000000125. The molecule has 0 aliphatic heterocycles. The predicted molar refractivity (Wildman–Crippen MR) is 29.5 cm³/mol. The number of carbonyl (C=O) groups is 2. The summed E-state index contributed by atoms with van der Waals surface area (Å²) >= 11 is 0. The molecule has 0 atom stereocenters. The molecular weight excluding hydrogens is 150 g/mol. The fraction of sp³-hybridized carbons (Fsp3) is 0. The summed E-state index contributed by atoms with van der Waals surface area (Å²) in [5.74, 6) is 0. The molecule has 0 rings (SSSR count). The Morgan fingerprint density at radius 1 is 1.62 bits per heavy atom. The van der Waals surface area contributed by atoms with E-state index in [0.717, 1.165) is 0 Å². The molecule has 8 heavy (non-hydrogen) atoms. The number of rotatable bonds is 1. The van der Waals surface area contributed by atoms with Crippen LogP contribution in [0.25, 0.3) is 0 Å². The number of hydrogen-bond donors (Lipinski definition) is 1. The van der Waals surface area contributed by atoms with Crippen LogP contribution >= 0.6 is 0 Å². The summed E-state index contributed by atoms with van der Waals surface area (Å²) in [7, 11) is 0. The minimum absolute atomic E-state index is 0. The SMILES string of the molecule is O=COC(=O)O.[KH].[NaH]. The van der Waals surface area contributed by atoms with Gasteiger partial charge < -0.3 is 9.84 Å². The first-order valence-electron chi connectivity index (χ1n) is 1.10. The quantitative estimate of drug-likeness (QED) is 0.217. The fourth-order valence-electron chi connectivity index (χ4n) is 0.0412. The summed E-state index contributed by atoms with van der Waals surface area (Å²) in [5, 5.41) is 7.46. The summed E-state index contributed by atoms with van der Waals surface area (Å²) in [6, 6.07) is 0. The van der Waals surface area contributed by atoms with Crippen molar-refractivity contribution in [3.8, 4) is 0 Å². The van der Waals surface area contributed by atoms with Crippen molar-refractivity contribution in [2.24, 2.45) is 0 Å². The zero-order valence-electron chi connectivity index (χ0n) is 2.75. The summed E-state index contributed by atoms with van der Waals surface area (Å²) < 4.78 is 3.28. The molecule has 0 aliphatic rings. The Morgan fingerprint density at radius 3 is 2.00 bits per heavy atom. The standard InChI is InChI=1S/C2H2O4.K.Na.2H/c3-1-6-2(4)5;;;;/h1H,(H,4,5);;;;. The minimum atomic E-state index is -1.58. The Kier molecular flexibility index (Phi) is 23.2. The van der Waals surface area contributed by atoms with Crippen LogP contribution in [0.4, 0.5) is 4.79 Å². The van der Waals surface area contributed by atoms with Crippen molar-refractivity contribution in [1.82, 2.24) is 0 Å². The monoisotopic (exact) mass is 154 g/mol. The van der Waals surface area contributed by atoms with Crippen molar-refractivity contribution in [2.75, 3.05) is 0 Å². The first-order valence-corrected chi connectivity index (χ1v) is 1.10. The number of carboxylic acid groups (broad SMARTS) is 1. The summed E-state index contributed by atoms with van der Waals surface area (Å²) in [5.41, 5.74) is 0. The van der Waals surface area contributed by atoms with E-state index in [1.807, 2.05) is 0 Å². The van der Waals surface area contributed by atoms with Crippen molar-refractivity contribution in [3.63, 3.8) is 0 Å². The van der Waals surface area contributed by atoms with Gasteiger partial charge in [0.15, 0.2) is 0 Å². The van der Waals surface area contributed by atoms with Crippen LogP contribution in [0.1, 0.15) is 0 Å². The molecule has 0 aromatic heterocycles. The second kappa shape index (κ2) is 11.4. The molecule has 0 aromatic rings. The van der Waals surface area contributed by atoms with Gasteiger partial charge in [0.25, 0.3) is 0 Å². The van der Waals surface area contributed by atoms with Gasteiger partial charge in [0.1, 0.15) is 0 Å². The van der Waals surface area contributed by atoms with Gasteiger partial charge in [-0.1, -0.05) is 0 Å². The molecule has 4 nitrogen and oxygen atoms in total. The van der Waals surface area contributed by atoms with Gasteiger partial charge >= 0.3 is 93.6 Å². The average molecular weight is 154 g/mol. The molecule has 0 amide bonds. The average Bonchev–Trinajstić information content (AvgIpc) is 1.35. The Labute approximate surface area is 111 Å². The molecule has 0 saturated heterocycles. The van der Waals surface area contributed by atoms with Crippen molar-refractivity contribution < 1.29 is 19.4 Å². The van der Waals surface area contributed by atoms with E-state index in [1.54, 1.807) is 0 Å². The van der Waals surface area contributed by atoms with Crippen molar-refractivity contribution in [2.45, 2.75) is 0 Å². The molecular formula is C2H4KNaO4. The van der Waals surface area contributed by atoms with Crippen LogP contribution in [0, 0.1) is 0 Å². The van der Waals surface area contributed by atoms with Crippen LogP contribution < -0.4 is 0 Å². The van der Waals surface area contributed by atoms with Crippen LogP contribution in [0.15, 0.2) is 0 Å². The van der Waals surface area contributed by atoms with Crippen molar-refractivity contribution in [3.05, 3.63) is 0 Å². The summed E-state index contributed by atoms with van der Waals surface area (Å²) in [6.07, 6.45) is -1.58. The Morgan fingerprint density at radius 2 is 2.00 bits per heavy atom. The number of ether oxygens (including phenoxy) is 1. The molecule has 0 fully saturated rings. The van der Waals surface area contributed by atoms with E-state index in [-0.39, 0.29) is 87.4 Å². The second-order valence-electron chi connectivity index (χ2n) is 0.480. The maximum absolute atomic E-state index is 9.15. The first-order chi connectivity index (χ1) is 2.77. The van der Waals surface area contributed by atoms with E-state index in [0.29, 0.717) is 0 Å². The third-order valence-corrected chi connectivity index (χ3v) is 0.149. The maximum atomic E-state index is 9.15. The van der Waals surface area contributed by atoms with E-state index in [2.05, 4.69) is 4.74 Å². The van der Waals surface area contributed by atoms with E-state index in [9.17, 15) is 0 Å². The van der Waals surface area contributed by atoms with Crippen molar-refractivity contribution in [1.29, 1.82) is 0 Å². The molecule has 0 heterocycles. The van der Waals surface area contributed by atoms with Gasteiger partial charge in [-0.05, 0) is 0 Å². The number of hydrogen-bond acceptors (Lipinski definition) is 3. The molecule has 0 spiro atoms. The first kappa shape index (κ1) is 16.3. The van der Waals surface area contributed by atoms with Gasteiger partial charge in [-0.15, -0.1) is 0 Å². The number of carbonyl (C=O) groups excluding carboxylic acids is 1. The zero-order valence-corrected chi connectivity index (χ0v) is 2.75. The third-order valence-electron chi connectivity index (χ3n) is 0.149. The molecule has 1 N–H and O–H groups in total. The van der Waals surface area contributed by atoms with Gasteiger partial charge in [0.2, 0.25) is 0 Å². The van der Waals surface area contributed by atoms with E-state index < -0.39 is 6.16 Å². The normalized spacial score (nSPS) is 5.00. The molecule has 0 aromatic carbocycles. The second-order valence-corrected chi connectivity index (χ2v) is 0.480. The summed E-state index contributed by atoms with van der Waals surface area (Å²) in [4.78, 5) is 18.2. The molecule has 0 aliphatic carbocycles. The van der Waals surface area contributed by atoms with Crippen molar-refractivity contribution >= 4 is 93.6 Å². The van der Waals surface area contributed by atoms with E-state index in [1.165, 1.54) is 0 Å². The van der Waals surface area contributed by atoms with Crippen LogP contribution in [-0.4, -0.2) is 98.7 Å². The van der Waals surface area contributed by atoms with Crippen LogP contribution in [0.3, 0.4) is 0 Å². The van der Waals surface area contributed by atoms with E-state index in [4.69, 9.17) is 14.7 Å². The van der Waals surface area contributed by atoms with Crippen LogP contribution in [0.5, 0.6) is 0 Å². The summed E-state index contributed by atoms with van der Waals surface area (Å²) in [6.45, 7) is -0.150. The Hall–Kier alpha value is 1.58. The van der Waals surface area contributed by atoms with Crippen LogP contribution in [0.2, 0.25) is 0 Å². The van der Waals surface area contributed by atoms with Gasteiger partial charge in [0.05, 0.1) is 0 Å². The predicted octanol–water partition coefficient (Wildman–Crippen LogP) is -1.46. The fourth-order valence-corrected chi connectivity index (χ4v) is 0.0412. The van der Waals surface area contributed by atoms with Gasteiger partial charge in [-0.3, -0.25) is 4.79 Å². The van der Waals surface area contributed by atoms with Crippen LogP contribution in [-0.2, 0) is 9.53 Å². The molecule has 0 saturated carbocycles. The zero-order chi connectivity index (χ0) is 4.99. The molecule has 0 bridgehead atoms. The third kappa shape index (κ3) is 15.6. The molecule has 0 radical (unpaired) electrons. The van der Waals surface area contributed by atoms with Gasteiger partial charge in [-0.25, -0.2) is 4.79 Å².